The standard InChI is InChI=1S/C12H14N2.C12H17NO.C5H10/c1-4-10(3)14-12-6-5-11(8-13)7-9(12)2;1-4-10(14)9-12(2,3)11-7-5-6-8-13-11;1-5-3-2-4-5/h5-7H,4H2,1-3H3;5-8H,4,9H2,1-3H3;5H,2-4H2,1H3. The Morgan fingerprint density at radius 3 is 2.27 bits per heavy atom. The van der Waals surface area contributed by atoms with Crippen LogP contribution in [-0.2, 0) is 10.2 Å². The lowest BCUT2D eigenvalue weighted by Crippen LogP contribution is -2.22. The normalized spacial score (nSPS) is 13.5. The number of benzene rings is 1. The van der Waals surface area contributed by atoms with Gasteiger partial charge in [0.05, 0.1) is 17.3 Å². The zero-order valence-corrected chi connectivity index (χ0v) is 21.6. The molecule has 178 valence electrons. The number of aromatic nitrogens is 1. The molecule has 2 aromatic rings. The van der Waals surface area contributed by atoms with Crippen LogP contribution in [0.15, 0.2) is 47.6 Å². The lowest BCUT2D eigenvalue weighted by atomic mass is 9.83. The van der Waals surface area contributed by atoms with Crippen LogP contribution in [-0.4, -0.2) is 16.5 Å². The summed E-state index contributed by atoms with van der Waals surface area (Å²) in [6.07, 6.45) is 8.37. The van der Waals surface area contributed by atoms with Gasteiger partial charge in [-0.25, -0.2) is 0 Å². The van der Waals surface area contributed by atoms with Crippen molar-refractivity contribution < 1.29 is 4.79 Å². The van der Waals surface area contributed by atoms with Gasteiger partial charge in [0, 0.05) is 35.9 Å². The maximum Gasteiger partial charge on any atom is 0.133 e. The predicted octanol–water partition coefficient (Wildman–Crippen LogP) is 7.90. The summed E-state index contributed by atoms with van der Waals surface area (Å²) >= 11 is 0. The van der Waals surface area contributed by atoms with Gasteiger partial charge in [-0.1, -0.05) is 59.9 Å². The first kappa shape index (κ1) is 28.2. The average molecular weight is 448 g/mol. The molecule has 0 amide bonds. The van der Waals surface area contributed by atoms with Crippen LogP contribution in [0.25, 0.3) is 0 Å². The molecule has 1 heterocycles. The van der Waals surface area contributed by atoms with Gasteiger partial charge in [-0.2, -0.15) is 5.26 Å². The Morgan fingerprint density at radius 1 is 1.18 bits per heavy atom. The first-order valence-corrected chi connectivity index (χ1v) is 12.1. The number of ketones is 1. The Labute approximate surface area is 201 Å². The van der Waals surface area contributed by atoms with Crippen molar-refractivity contribution in [2.45, 2.75) is 92.4 Å². The molecule has 0 N–H and O–H groups in total. The van der Waals surface area contributed by atoms with E-state index in [1.807, 2.05) is 51.1 Å². The second-order valence-corrected chi connectivity index (χ2v) is 9.52. The molecular weight excluding hydrogens is 406 g/mol. The van der Waals surface area contributed by atoms with Crippen molar-refractivity contribution >= 4 is 17.2 Å². The third-order valence-corrected chi connectivity index (χ3v) is 5.93. The molecule has 0 bridgehead atoms. The second-order valence-electron chi connectivity index (χ2n) is 9.52. The number of hydrogen-bond donors (Lipinski definition) is 0. The number of carbonyl (C=O) groups is 1. The van der Waals surface area contributed by atoms with Gasteiger partial charge in [-0.05, 0) is 62.1 Å². The van der Waals surface area contributed by atoms with Crippen LogP contribution in [0.1, 0.15) is 96.9 Å². The van der Waals surface area contributed by atoms with E-state index in [0.29, 0.717) is 24.2 Å². The number of Topliss-reactive ketones (excluding diaryl/α,β-unsaturated/α-hetero) is 1. The first-order chi connectivity index (χ1) is 15.6. The van der Waals surface area contributed by atoms with E-state index in [1.54, 1.807) is 12.3 Å². The van der Waals surface area contributed by atoms with Crippen LogP contribution in [0.2, 0.25) is 0 Å². The molecule has 3 rings (SSSR count). The lowest BCUT2D eigenvalue weighted by molar-refractivity contribution is -0.119. The van der Waals surface area contributed by atoms with Crippen molar-refractivity contribution in [3.05, 3.63) is 59.4 Å². The van der Waals surface area contributed by atoms with E-state index < -0.39 is 0 Å². The first-order valence-electron chi connectivity index (χ1n) is 12.1. The molecule has 4 nitrogen and oxygen atoms in total. The minimum absolute atomic E-state index is 0.144. The molecule has 4 heteroatoms. The number of hydrogen-bond acceptors (Lipinski definition) is 4. The third kappa shape index (κ3) is 10.6. The Kier molecular flexibility index (Phi) is 12.3. The van der Waals surface area contributed by atoms with Crippen LogP contribution in [0, 0.1) is 24.2 Å². The minimum Gasteiger partial charge on any atom is -0.300 e. The summed E-state index contributed by atoms with van der Waals surface area (Å²) in [5.41, 5.74) is 4.66. The monoisotopic (exact) mass is 447 g/mol. The molecule has 0 atom stereocenters. The SMILES string of the molecule is CC1CCC1.CCC(=O)CC(C)(C)c1ccccn1.CCC(C)=Nc1ccc(C#N)cc1C. The lowest BCUT2D eigenvalue weighted by Gasteiger charge is -2.22. The molecule has 1 saturated carbocycles. The topological polar surface area (TPSA) is 66.1 Å². The molecule has 1 fully saturated rings. The fraction of sp³-hybridized carbons (Fsp3) is 0.517. The highest BCUT2D eigenvalue weighted by molar-refractivity contribution is 5.84. The number of pyridine rings is 1. The molecule has 0 radical (unpaired) electrons. The molecule has 33 heavy (non-hydrogen) atoms. The summed E-state index contributed by atoms with van der Waals surface area (Å²) in [6, 6.07) is 13.5. The van der Waals surface area contributed by atoms with Crippen molar-refractivity contribution in [3.8, 4) is 6.07 Å². The maximum absolute atomic E-state index is 11.4. The van der Waals surface area contributed by atoms with Gasteiger partial charge in [0.2, 0.25) is 0 Å². The van der Waals surface area contributed by atoms with Crippen molar-refractivity contribution in [2.24, 2.45) is 10.9 Å². The number of rotatable bonds is 6. The van der Waals surface area contributed by atoms with Crippen molar-refractivity contribution in [1.82, 2.24) is 4.98 Å². The Balaban J connectivity index is 0.000000273. The van der Waals surface area contributed by atoms with E-state index in [4.69, 9.17) is 5.26 Å². The van der Waals surface area contributed by atoms with Gasteiger partial charge in [0.15, 0.2) is 0 Å². The molecule has 0 aliphatic heterocycles. The summed E-state index contributed by atoms with van der Waals surface area (Å²) in [5.74, 6) is 1.36. The molecule has 1 aliphatic carbocycles. The van der Waals surface area contributed by atoms with Crippen molar-refractivity contribution in [3.63, 3.8) is 0 Å². The smallest absolute Gasteiger partial charge is 0.133 e. The summed E-state index contributed by atoms with van der Waals surface area (Å²) in [4.78, 5) is 20.1. The Morgan fingerprint density at radius 2 is 1.85 bits per heavy atom. The summed E-state index contributed by atoms with van der Waals surface area (Å²) in [6.45, 7) is 14.4. The number of nitriles is 1. The molecule has 1 aliphatic rings. The highest BCUT2D eigenvalue weighted by Gasteiger charge is 2.24. The van der Waals surface area contributed by atoms with Gasteiger partial charge in [-0.15, -0.1) is 0 Å². The van der Waals surface area contributed by atoms with Crippen LogP contribution >= 0.6 is 0 Å². The van der Waals surface area contributed by atoms with Crippen LogP contribution in [0.5, 0.6) is 0 Å². The molecular formula is C29H41N3O. The van der Waals surface area contributed by atoms with Crippen molar-refractivity contribution in [1.29, 1.82) is 5.26 Å². The molecule has 0 unspecified atom stereocenters. The van der Waals surface area contributed by atoms with E-state index in [1.165, 1.54) is 19.3 Å². The third-order valence-electron chi connectivity index (χ3n) is 5.93. The van der Waals surface area contributed by atoms with E-state index >= 15 is 0 Å². The molecule has 1 aromatic carbocycles. The van der Waals surface area contributed by atoms with Crippen molar-refractivity contribution in [2.75, 3.05) is 0 Å². The predicted molar refractivity (Wildman–Crippen MR) is 139 cm³/mol. The zero-order valence-electron chi connectivity index (χ0n) is 21.6. The Bertz CT molecular complexity index is 935. The number of nitrogens with zero attached hydrogens (tertiary/aromatic N) is 3. The number of aryl methyl sites for hydroxylation is 1. The zero-order chi connectivity index (χ0) is 24.9. The quantitative estimate of drug-likeness (QED) is 0.423. The van der Waals surface area contributed by atoms with E-state index in [-0.39, 0.29) is 5.41 Å². The maximum atomic E-state index is 11.4. The minimum atomic E-state index is -0.144. The number of aliphatic imine (C=N–C) groups is 1. The molecule has 0 saturated heterocycles. The van der Waals surface area contributed by atoms with Crippen LogP contribution in [0.3, 0.4) is 0 Å². The fourth-order valence-electron chi connectivity index (χ4n) is 3.22. The highest BCUT2D eigenvalue weighted by atomic mass is 16.1. The fourth-order valence-corrected chi connectivity index (χ4v) is 3.22. The van der Waals surface area contributed by atoms with Gasteiger partial charge >= 0.3 is 0 Å². The van der Waals surface area contributed by atoms with E-state index in [0.717, 1.165) is 35.0 Å². The van der Waals surface area contributed by atoms with E-state index in [9.17, 15) is 4.79 Å². The summed E-state index contributed by atoms with van der Waals surface area (Å²) in [5, 5.41) is 8.70. The number of carbonyl (C=O) groups excluding carboxylic acids is 1. The van der Waals surface area contributed by atoms with Gasteiger partial charge in [0.1, 0.15) is 5.78 Å². The largest absolute Gasteiger partial charge is 0.300 e. The van der Waals surface area contributed by atoms with Gasteiger partial charge in [0.25, 0.3) is 0 Å². The summed E-state index contributed by atoms with van der Waals surface area (Å²) in [7, 11) is 0. The van der Waals surface area contributed by atoms with E-state index in [2.05, 4.69) is 43.7 Å². The molecule has 1 aromatic heterocycles. The van der Waals surface area contributed by atoms with Crippen LogP contribution < -0.4 is 0 Å². The molecule has 0 spiro atoms. The van der Waals surface area contributed by atoms with Crippen LogP contribution in [0.4, 0.5) is 5.69 Å². The Hall–Kier alpha value is -2.80. The van der Waals surface area contributed by atoms with Gasteiger partial charge < -0.3 is 0 Å². The van der Waals surface area contributed by atoms with Gasteiger partial charge in [-0.3, -0.25) is 14.8 Å². The highest BCUT2D eigenvalue weighted by Crippen LogP contribution is 2.26. The second kappa shape index (κ2) is 14.4. The average Bonchev–Trinajstić information content (AvgIpc) is 2.80. The summed E-state index contributed by atoms with van der Waals surface area (Å²) < 4.78 is 0.